The van der Waals surface area contributed by atoms with E-state index in [1.54, 1.807) is 29.2 Å². The summed E-state index contributed by atoms with van der Waals surface area (Å²) >= 11 is 3.23. The van der Waals surface area contributed by atoms with Crippen molar-refractivity contribution in [2.75, 3.05) is 12.4 Å². The Morgan fingerprint density at radius 1 is 1.00 bits per heavy atom. The lowest BCUT2D eigenvalue weighted by Crippen LogP contribution is -2.11. The monoisotopic (exact) mass is 516 g/mol. The van der Waals surface area contributed by atoms with Gasteiger partial charge in [-0.05, 0) is 49.0 Å². The molecular weight excluding hydrogens is 488 g/mol. The largest absolute Gasteiger partial charge is 0.333 e. The molecule has 1 aliphatic heterocycles. The number of hydrogen-bond acceptors (Lipinski definition) is 7. The van der Waals surface area contributed by atoms with E-state index in [1.165, 1.54) is 7.05 Å². The fraction of sp³-hybridized carbons (Fsp3) is 0.143. The van der Waals surface area contributed by atoms with Gasteiger partial charge >= 0.3 is 0 Å². The molecular formula is C28H28N4O2S2. The third kappa shape index (κ3) is 6.89. The lowest BCUT2D eigenvalue weighted by atomic mass is 10.1. The first-order valence-electron chi connectivity index (χ1n) is 11.2. The SMILES string of the molecule is C=O.CC.CN.N#Cc1cccc(-c2ncc(Cc3ccc4c(c3)NC(=O)c3ccccc3S4)s2)c1. The number of anilines is 1. The molecule has 0 saturated carbocycles. The summed E-state index contributed by atoms with van der Waals surface area (Å²) in [6, 6.07) is 23.5. The van der Waals surface area contributed by atoms with E-state index in [0.717, 1.165) is 42.9 Å². The molecule has 0 spiro atoms. The highest BCUT2D eigenvalue weighted by atomic mass is 32.2. The van der Waals surface area contributed by atoms with Crippen LogP contribution < -0.4 is 11.1 Å². The molecule has 3 aromatic carbocycles. The summed E-state index contributed by atoms with van der Waals surface area (Å²) in [5.74, 6) is -0.0774. The van der Waals surface area contributed by atoms with Crippen molar-refractivity contribution in [1.82, 2.24) is 4.98 Å². The van der Waals surface area contributed by atoms with Crippen molar-refractivity contribution in [1.29, 1.82) is 5.26 Å². The summed E-state index contributed by atoms with van der Waals surface area (Å²) < 4.78 is 0. The van der Waals surface area contributed by atoms with Crippen LogP contribution in [-0.4, -0.2) is 24.7 Å². The van der Waals surface area contributed by atoms with Gasteiger partial charge in [0.1, 0.15) is 11.8 Å². The molecule has 0 bridgehead atoms. The van der Waals surface area contributed by atoms with Crippen LogP contribution in [0.5, 0.6) is 0 Å². The summed E-state index contributed by atoms with van der Waals surface area (Å²) in [5, 5.41) is 13.0. The molecule has 0 saturated heterocycles. The van der Waals surface area contributed by atoms with E-state index in [1.807, 2.05) is 75.4 Å². The summed E-state index contributed by atoms with van der Waals surface area (Å²) in [4.78, 5) is 28.3. The Balaban J connectivity index is 0.000000710. The number of rotatable bonds is 3. The highest BCUT2D eigenvalue weighted by molar-refractivity contribution is 7.99. The second-order valence-corrected chi connectivity index (χ2v) is 9.08. The van der Waals surface area contributed by atoms with E-state index < -0.39 is 0 Å². The fourth-order valence-corrected chi connectivity index (χ4v) is 5.32. The van der Waals surface area contributed by atoms with Gasteiger partial charge in [-0.25, -0.2) is 4.98 Å². The van der Waals surface area contributed by atoms with Crippen LogP contribution in [0.25, 0.3) is 10.6 Å². The van der Waals surface area contributed by atoms with Crippen molar-refractivity contribution in [3.05, 3.63) is 94.5 Å². The van der Waals surface area contributed by atoms with E-state index in [-0.39, 0.29) is 5.91 Å². The Labute approximate surface area is 220 Å². The van der Waals surface area contributed by atoms with Crippen molar-refractivity contribution < 1.29 is 9.59 Å². The summed E-state index contributed by atoms with van der Waals surface area (Å²) in [5.41, 5.74) is 8.73. The van der Waals surface area contributed by atoms with Gasteiger partial charge in [0.05, 0.1) is 22.9 Å². The Hall–Kier alpha value is -3.77. The maximum Gasteiger partial charge on any atom is 0.256 e. The van der Waals surface area contributed by atoms with Crippen LogP contribution in [-0.2, 0) is 11.2 Å². The lowest BCUT2D eigenvalue weighted by Gasteiger charge is -2.08. The smallest absolute Gasteiger partial charge is 0.256 e. The molecule has 184 valence electrons. The summed E-state index contributed by atoms with van der Waals surface area (Å²) in [7, 11) is 1.50. The van der Waals surface area contributed by atoms with Gasteiger partial charge in [0.2, 0.25) is 0 Å². The number of nitrogens with two attached hydrogens (primary N) is 1. The Kier molecular flexibility index (Phi) is 11.5. The van der Waals surface area contributed by atoms with Crippen molar-refractivity contribution in [3.8, 4) is 16.6 Å². The molecule has 0 atom stereocenters. The second-order valence-electron chi connectivity index (χ2n) is 6.88. The molecule has 0 fully saturated rings. The van der Waals surface area contributed by atoms with Gasteiger partial charge in [0.15, 0.2) is 0 Å². The maximum atomic E-state index is 12.6. The third-order valence-electron chi connectivity index (χ3n) is 4.81. The maximum absolute atomic E-state index is 12.6. The zero-order valence-electron chi connectivity index (χ0n) is 20.4. The number of benzene rings is 3. The number of carbonyl (C=O) groups excluding carboxylic acids is 2. The first-order chi connectivity index (χ1) is 17.7. The van der Waals surface area contributed by atoms with Crippen LogP contribution in [0.1, 0.15) is 40.2 Å². The topological polar surface area (TPSA) is 109 Å². The fourth-order valence-electron chi connectivity index (χ4n) is 3.37. The van der Waals surface area contributed by atoms with Crippen LogP contribution >= 0.6 is 23.1 Å². The number of nitrogens with zero attached hydrogens (tertiary/aromatic N) is 2. The highest BCUT2D eigenvalue weighted by Gasteiger charge is 2.19. The van der Waals surface area contributed by atoms with Gasteiger partial charge in [-0.3, -0.25) is 4.79 Å². The van der Waals surface area contributed by atoms with Crippen molar-refractivity contribution in [2.45, 2.75) is 30.1 Å². The van der Waals surface area contributed by atoms with Crippen LogP contribution in [0.15, 0.2) is 82.7 Å². The number of fused-ring (bicyclic) bond motifs is 2. The van der Waals surface area contributed by atoms with Crippen molar-refractivity contribution in [3.63, 3.8) is 0 Å². The Morgan fingerprint density at radius 2 is 1.75 bits per heavy atom. The zero-order chi connectivity index (χ0) is 26.5. The number of nitrogens with one attached hydrogen (secondary N) is 1. The minimum Gasteiger partial charge on any atom is -0.333 e. The molecule has 3 N–H and O–H groups in total. The van der Waals surface area contributed by atoms with Crippen LogP contribution in [0.3, 0.4) is 0 Å². The predicted octanol–water partition coefficient (Wildman–Crippen LogP) is 6.41. The summed E-state index contributed by atoms with van der Waals surface area (Å²) in [6.07, 6.45) is 2.62. The predicted molar refractivity (Wildman–Crippen MR) is 149 cm³/mol. The van der Waals surface area contributed by atoms with Gasteiger partial charge in [-0.1, -0.05) is 55.9 Å². The molecule has 0 unspecified atom stereocenters. The number of aromatic nitrogens is 1. The van der Waals surface area contributed by atoms with Gasteiger partial charge in [-0.2, -0.15) is 5.26 Å². The van der Waals surface area contributed by atoms with Gasteiger partial charge in [0.25, 0.3) is 5.91 Å². The molecule has 4 aromatic rings. The average Bonchev–Trinajstić information content (AvgIpc) is 3.36. The number of thiazole rings is 1. The van der Waals surface area contributed by atoms with Crippen molar-refractivity contribution >= 4 is 41.5 Å². The van der Waals surface area contributed by atoms with Gasteiger partial charge < -0.3 is 15.8 Å². The Bertz CT molecular complexity index is 1350. The molecule has 1 aromatic heterocycles. The van der Waals surface area contributed by atoms with Crippen molar-refractivity contribution in [2.24, 2.45) is 5.73 Å². The minimum absolute atomic E-state index is 0.0774. The number of amides is 1. The molecule has 0 radical (unpaired) electrons. The van der Waals surface area contributed by atoms with E-state index in [4.69, 9.17) is 10.1 Å². The van der Waals surface area contributed by atoms with Crippen LogP contribution in [0, 0.1) is 11.3 Å². The molecule has 5 rings (SSSR count). The van der Waals surface area contributed by atoms with Gasteiger partial charge in [0, 0.05) is 32.8 Å². The zero-order valence-corrected chi connectivity index (χ0v) is 22.1. The quantitative estimate of drug-likeness (QED) is 0.326. The molecule has 6 nitrogen and oxygen atoms in total. The molecule has 36 heavy (non-hydrogen) atoms. The Morgan fingerprint density at radius 3 is 2.50 bits per heavy atom. The molecule has 1 amide bonds. The second kappa shape index (κ2) is 14.6. The third-order valence-corrected chi connectivity index (χ3v) is 7.01. The van der Waals surface area contributed by atoms with E-state index in [0.29, 0.717) is 11.1 Å². The minimum atomic E-state index is -0.0774. The molecule has 2 heterocycles. The lowest BCUT2D eigenvalue weighted by molar-refractivity contribution is -0.0980. The first kappa shape index (κ1) is 28.5. The number of hydrogen-bond donors (Lipinski definition) is 2. The summed E-state index contributed by atoms with van der Waals surface area (Å²) in [6.45, 7) is 6.00. The normalized spacial score (nSPS) is 10.7. The molecule has 1 aliphatic rings. The van der Waals surface area contributed by atoms with Gasteiger partial charge in [-0.15, -0.1) is 11.3 Å². The first-order valence-corrected chi connectivity index (χ1v) is 12.9. The standard InChI is InChI=1S/C24H15N3OS2.C2H6.CH5N.CH2O/c25-13-16-4-3-5-17(10-16)24-26-14-18(29-24)11-15-8-9-22-20(12-15)27-23(28)19-6-1-2-7-21(19)30-22;3*1-2/h1-10,12,14H,11H2,(H,27,28);1-2H3;2H2,1H3;1H2. The average molecular weight is 517 g/mol. The van der Waals surface area contributed by atoms with E-state index >= 15 is 0 Å². The van der Waals surface area contributed by atoms with E-state index in [9.17, 15) is 4.79 Å². The van der Waals surface area contributed by atoms with Crippen LogP contribution in [0.4, 0.5) is 5.69 Å². The molecule has 0 aliphatic carbocycles. The highest BCUT2D eigenvalue weighted by Crippen LogP contribution is 2.39. The van der Waals surface area contributed by atoms with E-state index in [2.05, 4.69) is 34.2 Å². The van der Waals surface area contributed by atoms with Crippen LogP contribution in [0.2, 0.25) is 0 Å². The molecule has 8 heteroatoms. The number of carbonyl (C=O) groups is 2. The number of nitriles is 1.